The Morgan fingerprint density at radius 1 is 0.621 bits per heavy atom. The minimum atomic E-state index is 0.176. The van der Waals surface area contributed by atoms with Crippen molar-refractivity contribution in [2.75, 3.05) is 0 Å². The lowest BCUT2D eigenvalue weighted by Crippen LogP contribution is -2.24. The first-order valence-electron chi connectivity index (χ1n) is 19.9. The van der Waals surface area contributed by atoms with Crippen LogP contribution in [0.25, 0.3) is 82.8 Å². The summed E-state index contributed by atoms with van der Waals surface area (Å²) in [6.07, 6.45) is 15.7. The summed E-state index contributed by atoms with van der Waals surface area (Å²) in [5.74, 6) is 0.905. The molecule has 0 aliphatic heterocycles. The molecular formula is C50H40N8. The second-order valence-corrected chi connectivity index (χ2v) is 16.1. The van der Waals surface area contributed by atoms with Crippen molar-refractivity contribution >= 4 is 61.7 Å². The SMILES string of the molecule is C=C(C=NC=N)c1ccc2c(c1)c1cc3c4c(c1n2-c1cccnc1)C(C)C(C)c1c-4c(cc2c4cc(-c5cncnc5)ccc4n(-c4cccnc4)c12)C(C)C3C. The van der Waals surface area contributed by atoms with Gasteiger partial charge in [0, 0.05) is 58.1 Å². The van der Waals surface area contributed by atoms with Crippen LogP contribution in [0, 0.1) is 5.41 Å². The molecule has 0 amide bonds. The van der Waals surface area contributed by atoms with Gasteiger partial charge in [0.1, 0.15) is 12.7 Å². The van der Waals surface area contributed by atoms with Crippen LogP contribution in [0.3, 0.4) is 0 Å². The predicted octanol–water partition coefficient (Wildman–Crippen LogP) is 11.9. The lowest BCUT2D eigenvalue weighted by molar-refractivity contribution is 0.584. The molecule has 4 atom stereocenters. The zero-order valence-corrected chi connectivity index (χ0v) is 32.8. The Balaban J connectivity index is 1.30. The van der Waals surface area contributed by atoms with E-state index >= 15 is 0 Å². The van der Waals surface area contributed by atoms with E-state index in [0.29, 0.717) is 0 Å². The molecule has 8 heteroatoms. The molecule has 0 saturated carbocycles. The van der Waals surface area contributed by atoms with Gasteiger partial charge in [0.25, 0.3) is 0 Å². The van der Waals surface area contributed by atoms with Gasteiger partial charge in [-0.2, -0.15) is 0 Å². The van der Waals surface area contributed by atoms with Crippen molar-refractivity contribution in [3.05, 3.63) is 151 Å². The van der Waals surface area contributed by atoms with Crippen LogP contribution < -0.4 is 0 Å². The third-order valence-electron chi connectivity index (χ3n) is 13.3. The van der Waals surface area contributed by atoms with Crippen molar-refractivity contribution in [2.45, 2.75) is 51.4 Å². The first-order valence-corrected chi connectivity index (χ1v) is 19.9. The number of hydrogen-bond acceptors (Lipinski definition) is 5. The summed E-state index contributed by atoms with van der Waals surface area (Å²) in [5, 5.41) is 12.3. The third-order valence-corrected chi connectivity index (χ3v) is 13.3. The standard InChI is InChI=1S/C50H40N8/c1-27(20-54-25-51)32-10-12-43-39(16-32)41-18-37-28(2)29(3)38-19-42-40-17-33(34-21-55-26-56-22-34)11-13-44(40)58(36-9-7-15-53-24-36)50(42)46-31(5)30(4)45(47(37)48(38)46)49(41)57(43)35-8-6-14-52-23-35/h6-26,28-31,51H,1H2,2-5H3. The number of allylic oxidation sites excluding steroid dienone is 1. The maximum atomic E-state index is 7.44. The first-order chi connectivity index (χ1) is 28.4. The van der Waals surface area contributed by atoms with E-state index in [1.54, 1.807) is 12.5 Å². The highest BCUT2D eigenvalue weighted by atomic mass is 15.0. The van der Waals surface area contributed by atoms with Crippen molar-refractivity contribution in [1.29, 1.82) is 5.41 Å². The summed E-state index contributed by atoms with van der Waals surface area (Å²) in [6.45, 7) is 14.0. The zero-order chi connectivity index (χ0) is 39.4. The summed E-state index contributed by atoms with van der Waals surface area (Å²) in [6, 6.07) is 26.8. The van der Waals surface area contributed by atoms with Crippen LogP contribution in [0.5, 0.6) is 0 Å². The Morgan fingerprint density at radius 3 is 1.71 bits per heavy atom. The number of nitrogens with zero attached hydrogens (tertiary/aromatic N) is 7. The smallest absolute Gasteiger partial charge is 0.115 e. The molecule has 11 rings (SSSR count). The highest BCUT2D eigenvalue weighted by Gasteiger charge is 2.42. The fourth-order valence-corrected chi connectivity index (χ4v) is 10.2. The molecule has 0 spiro atoms. The van der Waals surface area contributed by atoms with Crippen LogP contribution in [0.2, 0.25) is 0 Å². The molecule has 8 nitrogen and oxygen atoms in total. The highest BCUT2D eigenvalue weighted by Crippen LogP contribution is 2.61. The lowest BCUT2D eigenvalue weighted by atomic mass is 9.62. The molecular weight excluding hydrogens is 713 g/mol. The van der Waals surface area contributed by atoms with E-state index in [1.807, 2.05) is 49.3 Å². The second kappa shape index (κ2) is 12.7. The van der Waals surface area contributed by atoms with Crippen LogP contribution in [-0.2, 0) is 0 Å². The fraction of sp³-hybridized carbons (Fsp3) is 0.160. The number of rotatable bonds is 6. The molecule has 9 aromatic rings. The highest BCUT2D eigenvalue weighted by molar-refractivity contribution is 6.18. The van der Waals surface area contributed by atoms with E-state index in [0.717, 1.165) is 51.0 Å². The van der Waals surface area contributed by atoms with Gasteiger partial charge in [0.2, 0.25) is 0 Å². The minimum Gasteiger partial charge on any atom is -0.307 e. The summed E-state index contributed by atoms with van der Waals surface area (Å²) in [5.41, 5.74) is 19.1. The number of pyridine rings is 2. The van der Waals surface area contributed by atoms with E-state index < -0.39 is 0 Å². The molecule has 280 valence electrons. The second-order valence-electron chi connectivity index (χ2n) is 16.1. The molecule has 4 aromatic carbocycles. The normalized spacial score (nSPS) is 18.4. The summed E-state index contributed by atoms with van der Waals surface area (Å²) in [7, 11) is 0. The number of benzene rings is 4. The van der Waals surface area contributed by atoms with Crippen LogP contribution in [-0.4, -0.2) is 41.6 Å². The summed E-state index contributed by atoms with van der Waals surface area (Å²) < 4.78 is 4.89. The molecule has 5 heterocycles. The average Bonchev–Trinajstić information content (AvgIpc) is 3.78. The molecule has 2 aliphatic rings. The lowest BCUT2D eigenvalue weighted by Gasteiger charge is -2.42. The zero-order valence-electron chi connectivity index (χ0n) is 32.8. The van der Waals surface area contributed by atoms with Crippen LogP contribution >= 0.6 is 0 Å². The maximum Gasteiger partial charge on any atom is 0.115 e. The largest absolute Gasteiger partial charge is 0.307 e. The van der Waals surface area contributed by atoms with E-state index in [9.17, 15) is 0 Å². The predicted molar refractivity (Wildman–Crippen MR) is 237 cm³/mol. The molecule has 5 aromatic heterocycles. The van der Waals surface area contributed by atoms with E-state index in [4.69, 9.17) is 5.41 Å². The number of aromatic nitrogens is 6. The molecule has 4 unspecified atom stereocenters. The Morgan fingerprint density at radius 2 is 1.17 bits per heavy atom. The van der Waals surface area contributed by atoms with Crippen molar-refractivity contribution in [2.24, 2.45) is 4.99 Å². The molecule has 1 N–H and O–H groups in total. The Kier molecular flexibility index (Phi) is 7.51. The third kappa shape index (κ3) is 4.69. The molecule has 0 saturated heterocycles. The van der Waals surface area contributed by atoms with E-state index in [-0.39, 0.29) is 23.7 Å². The Bertz CT molecular complexity index is 3210. The molecule has 58 heavy (non-hydrogen) atoms. The quantitative estimate of drug-likeness (QED) is 0.135. The topological polar surface area (TPSA) is 97.6 Å². The minimum absolute atomic E-state index is 0.176. The van der Waals surface area contributed by atoms with Gasteiger partial charge in [-0.1, -0.05) is 46.4 Å². The van der Waals surface area contributed by atoms with Gasteiger partial charge in [-0.05, 0) is 134 Å². The van der Waals surface area contributed by atoms with Crippen LogP contribution in [0.4, 0.5) is 0 Å². The fourth-order valence-electron chi connectivity index (χ4n) is 10.2. The van der Waals surface area contributed by atoms with Gasteiger partial charge < -0.3 is 9.13 Å². The summed E-state index contributed by atoms with van der Waals surface area (Å²) in [4.78, 5) is 22.0. The van der Waals surface area contributed by atoms with Crippen LogP contribution in [0.1, 0.15) is 79.2 Å². The molecule has 2 aliphatic carbocycles. The van der Waals surface area contributed by atoms with E-state index in [1.165, 1.54) is 66.0 Å². The molecule has 0 bridgehead atoms. The van der Waals surface area contributed by atoms with Crippen LogP contribution in [0.15, 0.2) is 128 Å². The summed E-state index contributed by atoms with van der Waals surface area (Å²) >= 11 is 0. The number of hydrogen-bond donors (Lipinski definition) is 1. The van der Waals surface area contributed by atoms with Gasteiger partial charge in [0.15, 0.2) is 0 Å². The number of nitrogens with one attached hydrogen (secondary N) is 1. The van der Waals surface area contributed by atoms with E-state index in [2.05, 4.69) is 129 Å². The molecule has 0 fully saturated rings. The van der Waals surface area contributed by atoms with Gasteiger partial charge in [-0.3, -0.25) is 15.4 Å². The van der Waals surface area contributed by atoms with Gasteiger partial charge >= 0.3 is 0 Å². The van der Waals surface area contributed by atoms with Crippen molar-refractivity contribution in [3.63, 3.8) is 0 Å². The molecule has 0 radical (unpaired) electrons. The van der Waals surface area contributed by atoms with Gasteiger partial charge in [0.05, 0.1) is 45.8 Å². The number of fused-ring (bicyclic) bond motifs is 8. The monoisotopic (exact) mass is 752 g/mol. The van der Waals surface area contributed by atoms with Crippen molar-refractivity contribution in [3.8, 4) is 33.6 Å². The van der Waals surface area contributed by atoms with Gasteiger partial charge in [-0.25, -0.2) is 15.0 Å². The van der Waals surface area contributed by atoms with Gasteiger partial charge in [-0.15, -0.1) is 0 Å². The maximum absolute atomic E-state index is 7.44. The van der Waals surface area contributed by atoms with Crippen molar-refractivity contribution in [1.82, 2.24) is 29.1 Å². The Hall–Kier alpha value is -7.06. The average molecular weight is 753 g/mol. The number of aliphatic imine (C=N–C) groups is 1. The van der Waals surface area contributed by atoms with Crippen molar-refractivity contribution < 1.29 is 0 Å². The first kappa shape index (κ1) is 34.2. The Labute approximate surface area is 335 Å².